The van der Waals surface area contributed by atoms with Gasteiger partial charge in [0.1, 0.15) is 5.92 Å². The van der Waals surface area contributed by atoms with Crippen molar-refractivity contribution in [2.24, 2.45) is 5.92 Å². The molecule has 2 amide bonds. The maximum Gasteiger partial charge on any atom is 0.239 e. The molecule has 0 spiro atoms. The standard InChI is InChI=1S/C15H15N3O2S/c1-9-8-21-15(17-9)18-14(20)12-11(7-16-13(12)19)10-5-3-2-4-6-10/h2-6,8,11-12H,7H2,1H3,(H,16,19)(H,17,18,20)/t11-,12-/m1/s1. The van der Waals surface area contributed by atoms with Crippen LogP contribution in [-0.2, 0) is 9.59 Å². The molecular formula is C15H15N3O2S. The van der Waals surface area contributed by atoms with Gasteiger partial charge in [0.05, 0.1) is 5.69 Å². The second kappa shape index (κ2) is 5.65. The van der Waals surface area contributed by atoms with Crippen LogP contribution in [0.4, 0.5) is 5.13 Å². The molecule has 2 heterocycles. The van der Waals surface area contributed by atoms with Crippen molar-refractivity contribution in [2.45, 2.75) is 12.8 Å². The van der Waals surface area contributed by atoms with E-state index in [1.807, 2.05) is 42.6 Å². The zero-order valence-corrected chi connectivity index (χ0v) is 12.3. The van der Waals surface area contributed by atoms with Crippen LogP contribution in [0.3, 0.4) is 0 Å². The van der Waals surface area contributed by atoms with Gasteiger partial charge in [-0.1, -0.05) is 30.3 Å². The highest BCUT2D eigenvalue weighted by Crippen LogP contribution is 2.30. The van der Waals surface area contributed by atoms with Crippen LogP contribution in [0.1, 0.15) is 17.2 Å². The molecule has 1 aliphatic rings. The molecule has 3 rings (SSSR count). The molecular weight excluding hydrogens is 286 g/mol. The first kappa shape index (κ1) is 13.8. The number of nitrogens with zero attached hydrogens (tertiary/aromatic N) is 1. The normalized spacial score (nSPS) is 21.1. The molecule has 1 saturated heterocycles. The van der Waals surface area contributed by atoms with Gasteiger partial charge in [0.25, 0.3) is 0 Å². The van der Waals surface area contributed by atoms with E-state index in [4.69, 9.17) is 0 Å². The molecule has 1 aromatic heterocycles. The monoisotopic (exact) mass is 301 g/mol. The fraction of sp³-hybridized carbons (Fsp3) is 0.267. The van der Waals surface area contributed by atoms with Crippen molar-refractivity contribution in [3.05, 3.63) is 47.0 Å². The van der Waals surface area contributed by atoms with Crippen molar-refractivity contribution in [1.82, 2.24) is 10.3 Å². The Kier molecular flexibility index (Phi) is 3.70. The van der Waals surface area contributed by atoms with Crippen LogP contribution in [-0.4, -0.2) is 23.3 Å². The molecule has 1 fully saturated rings. The number of carbonyl (C=O) groups excluding carboxylic acids is 2. The first-order valence-electron chi connectivity index (χ1n) is 6.71. The predicted octanol–water partition coefficient (Wildman–Crippen LogP) is 1.92. The fourth-order valence-electron chi connectivity index (χ4n) is 2.53. The van der Waals surface area contributed by atoms with Crippen molar-refractivity contribution in [1.29, 1.82) is 0 Å². The van der Waals surface area contributed by atoms with Gasteiger partial charge in [-0.25, -0.2) is 4.98 Å². The van der Waals surface area contributed by atoms with Gasteiger partial charge in [-0.05, 0) is 12.5 Å². The molecule has 108 valence electrons. The Morgan fingerprint density at radius 3 is 2.81 bits per heavy atom. The second-order valence-corrected chi connectivity index (χ2v) is 5.88. The van der Waals surface area contributed by atoms with Crippen molar-refractivity contribution in [2.75, 3.05) is 11.9 Å². The summed E-state index contributed by atoms with van der Waals surface area (Å²) in [5.41, 5.74) is 1.84. The molecule has 2 aromatic rings. The van der Waals surface area contributed by atoms with Crippen molar-refractivity contribution >= 4 is 28.3 Å². The summed E-state index contributed by atoms with van der Waals surface area (Å²) < 4.78 is 0. The van der Waals surface area contributed by atoms with Crippen molar-refractivity contribution < 1.29 is 9.59 Å². The van der Waals surface area contributed by atoms with Crippen LogP contribution in [0.5, 0.6) is 0 Å². The van der Waals surface area contributed by atoms with Gasteiger partial charge in [0.2, 0.25) is 11.8 Å². The van der Waals surface area contributed by atoms with Crippen LogP contribution < -0.4 is 10.6 Å². The quantitative estimate of drug-likeness (QED) is 0.851. The first-order valence-corrected chi connectivity index (χ1v) is 7.59. The van der Waals surface area contributed by atoms with E-state index in [2.05, 4.69) is 15.6 Å². The Morgan fingerprint density at radius 1 is 1.38 bits per heavy atom. The van der Waals surface area contributed by atoms with Gasteiger partial charge in [-0.2, -0.15) is 0 Å². The Labute approximate surface area is 126 Å². The number of hydrogen-bond donors (Lipinski definition) is 2. The number of anilines is 1. The van der Waals surface area contributed by atoms with E-state index in [-0.39, 0.29) is 17.7 Å². The van der Waals surface area contributed by atoms with Crippen LogP contribution in [0.2, 0.25) is 0 Å². The van der Waals surface area contributed by atoms with E-state index in [9.17, 15) is 9.59 Å². The lowest BCUT2D eigenvalue weighted by molar-refractivity contribution is -0.130. The van der Waals surface area contributed by atoms with Crippen LogP contribution in [0.25, 0.3) is 0 Å². The average molecular weight is 301 g/mol. The summed E-state index contributed by atoms with van der Waals surface area (Å²) in [6, 6.07) is 9.63. The smallest absolute Gasteiger partial charge is 0.239 e. The molecule has 0 aliphatic carbocycles. The van der Waals surface area contributed by atoms with E-state index in [0.29, 0.717) is 11.7 Å². The summed E-state index contributed by atoms with van der Waals surface area (Å²) >= 11 is 1.36. The largest absolute Gasteiger partial charge is 0.355 e. The topological polar surface area (TPSA) is 71.1 Å². The summed E-state index contributed by atoms with van der Waals surface area (Å²) in [4.78, 5) is 28.6. The molecule has 5 nitrogen and oxygen atoms in total. The molecule has 1 aromatic carbocycles. The minimum Gasteiger partial charge on any atom is -0.355 e. The lowest BCUT2D eigenvalue weighted by Gasteiger charge is -2.16. The molecule has 0 bridgehead atoms. The number of thiazole rings is 1. The molecule has 2 N–H and O–H groups in total. The second-order valence-electron chi connectivity index (χ2n) is 5.02. The van der Waals surface area contributed by atoms with Crippen molar-refractivity contribution in [3.8, 4) is 0 Å². The summed E-state index contributed by atoms with van der Waals surface area (Å²) in [7, 11) is 0. The molecule has 0 radical (unpaired) electrons. The van der Waals surface area contributed by atoms with E-state index in [1.54, 1.807) is 0 Å². The van der Waals surface area contributed by atoms with E-state index in [1.165, 1.54) is 11.3 Å². The predicted molar refractivity (Wildman–Crippen MR) is 81.2 cm³/mol. The van der Waals surface area contributed by atoms with Gasteiger partial charge in [0.15, 0.2) is 5.13 Å². The number of hydrogen-bond acceptors (Lipinski definition) is 4. The number of aromatic nitrogens is 1. The first-order chi connectivity index (χ1) is 10.1. The van der Waals surface area contributed by atoms with Gasteiger partial charge in [-0.3, -0.25) is 9.59 Å². The van der Waals surface area contributed by atoms with Gasteiger partial charge in [-0.15, -0.1) is 11.3 Å². The Morgan fingerprint density at radius 2 is 2.14 bits per heavy atom. The summed E-state index contributed by atoms with van der Waals surface area (Å²) in [5, 5.41) is 7.91. The Hall–Kier alpha value is -2.21. The molecule has 0 unspecified atom stereocenters. The molecule has 6 heteroatoms. The van der Waals surface area contributed by atoms with Crippen molar-refractivity contribution in [3.63, 3.8) is 0 Å². The summed E-state index contributed by atoms with van der Waals surface area (Å²) in [6.07, 6.45) is 0. The molecule has 21 heavy (non-hydrogen) atoms. The van der Waals surface area contributed by atoms with Crippen LogP contribution >= 0.6 is 11.3 Å². The number of carbonyl (C=O) groups is 2. The third-order valence-corrected chi connectivity index (χ3v) is 4.42. The Balaban J connectivity index is 1.81. The summed E-state index contributed by atoms with van der Waals surface area (Å²) in [5.74, 6) is -1.38. The highest BCUT2D eigenvalue weighted by Gasteiger charge is 2.41. The molecule has 1 aliphatic heterocycles. The number of benzene rings is 1. The number of nitrogens with one attached hydrogen (secondary N) is 2. The maximum atomic E-state index is 12.4. The van der Waals surface area contributed by atoms with E-state index < -0.39 is 5.92 Å². The van der Waals surface area contributed by atoms with Crippen LogP contribution in [0.15, 0.2) is 35.7 Å². The third kappa shape index (κ3) is 2.80. The summed E-state index contributed by atoms with van der Waals surface area (Å²) in [6.45, 7) is 2.35. The van der Waals surface area contributed by atoms with Gasteiger partial charge < -0.3 is 10.6 Å². The lowest BCUT2D eigenvalue weighted by Crippen LogP contribution is -2.32. The third-order valence-electron chi connectivity index (χ3n) is 3.54. The minimum absolute atomic E-state index is 0.139. The van der Waals surface area contributed by atoms with E-state index >= 15 is 0 Å². The zero-order chi connectivity index (χ0) is 14.8. The molecule has 0 saturated carbocycles. The molecule has 2 atom stereocenters. The average Bonchev–Trinajstić information content (AvgIpc) is 3.06. The zero-order valence-electron chi connectivity index (χ0n) is 11.5. The highest BCUT2D eigenvalue weighted by atomic mass is 32.1. The van der Waals surface area contributed by atoms with Crippen LogP contribution in [0, 0.1) is 12.8 Å². The van der Waals surface area contributed by atoms with E-state index in [0.717, 1.165) is 11.3 Å². The van der Waals surface area contributed by atoms with Gasteiger partial charge >= 0.3 is 0 Å². The Bertz CT molecular complexity index is 669. The number of aryl methyl sites for hydroxylation is 1. The highest BCUT2D eigenvalue weighted by molar-refractivity contribution is 7.13. The lowest BCUT2D eigenvalue weighted by atomic mass is 9.88. The number of rotatable bonds is 3. The van der Waals surface area contributed by atoms with Gasteiger partial charge in [0, 0.05) is 17.8 Å². The number of amides is 2. The SMILES string of the molecule is Cc1csc(NC(=O)[C@H]2C(=O)NC[C@@H]2c2ccccc2)n1. The maximum absolute atomic E-state index is 12.4. The minimum atomic E-state index is -0.711. The fourth-order valence-corrected chi connectivity index (χ4v) is 3.22.